The first kappa shape index (κ1) is 18.1. The number of nitrogens with zero attached hydrogens (tertiary/aromatic N) is 2. The van der Waals surface area contributed by atoms with E-state index in [1.54, 1.807) is 0 Å². The van der Waals surface area contributed by atoms with Crippen LogP contribution < -0.4 is 0 Å². The van der Waals surface area contributed by atoms with Crippen molar-refractivity contribution in [3.63, 3.8) is 0 Å². The first-order valence-electron chi connectivity index (χ1n) is 10.2. The summed E-state index contributed by atoms with van der Waals surface area (Å²) >= 11 is 0. The Kier molecular flexibility index (Phi) is 4.88. The number of piperazine rings is 1. The predicted octanol–water partition coefficient (Wildman–Crippen LogP) is 4.26. The minimum absolute atomic E-state index is 0.209. The molecule has 1 fully saturated rings. The fraction of sp³-hybridized carbons (Fsp3) is 0.240. The highest BCUT2D eigenvalue weighted by molar-refractivity contribution is 5.93. The molecule has 0 saturated carbocycles. The largest absolute Gasteiger partial charge is 0.438 e. The van der Waals surface area contributed by atoms with Gasteiger partial charge in [0.1, 0.15) is 0 Å². The summed E-state index contributed by atoms with van der Waals surface area (Å²) in [6, 6.07) is 29.4. The standard InChI is InChI=1S/C25H24N2O2/c28-25-22-14-8-7-13-21(22)24(29-25)27-17-15-26(16-18-27)23(19-9-3-1-4-10-19)20-11-5-2-6-12-20/h1-14,23-24H,15-18H2. The molecule has 1 unspecified atom stereocenters. The summed E-state index contributed by atoms with van der Waals surface area (Å²) in [4.78, 5) is 17.0. The summed E-state index contributed by atoms with van der Waals surface area (Å²) in [6.45, 7) is 3.57. The van der Waals surface area contributed by atoms with Crippen molar-refractivity contribution >= 4 is 5.97 Å². The molecule has 3 aromatic carbocycles. The Morgan fingerprint density at radius 1 is 0.724 bits per heavy atom. The maximum absolute atomic E-state index is 12.2. The second kappa shape index (κ2) is 7.82. The molecule has 4 heteroatoms. The molecule has 0 amide bonds. The van der Waals surface area contributed by atoms with E-state index < -0.39 is 0 Å². The van der Waals surface area contributed by atoms with E-state index in [-0.39, 0.29) is 18.2 Å². The zero-order chi connectivity index (χ0) is 19.6. The van der Waals surface area contributed by atoms with Crippen LogP contribution in [0.25, 0.3) is 0 Å². The van der Waals surface area contributed by atoms with E-state index in [0.717, 1.165) is 31.7 Å². The molecule has 0 bridgehead atoms. The molecule has 3 aromatic rings. The molecule has 146 valence electrons. The van der Waals surface area contributed by atoms with Crippen molar-refractivity contribution in [3.8, 4) is 0 Å². The fourth-order valence-corrected chi connectivity index (χ4v) is 4.51. The van der Waals surface area contributed by atoms with Crippen molar-refractivity contribution in [2.75, 3.05) is 26.2 Å². The lowest BCUT2D eigenvalue weighted by Gasteiger charge is -2.41. The van der Waals surface area contributed by atoms with E-state index in [1.807, 2.05) is 24.3 Å². The monoisotopic (exact) mass is 384 g/mol. The SMILES string of the molecule is O=C1OC(N2CCN(C(c3ccccc3)c3ccccc3)CC2)c2ccccc21. The van der Waals surface area contributed by atoms with Crippen LogP contribution in [0.4, 0.5) is 0 Å². The van der Waals surface area contributed by atoms with Gasteiger partial charge in [-0.05, 0) is 17.2 Å². The second-order valence-electron chi connectivity index (χ2n) is 7.64. The van der Waals surface area contributed by atoms with Gasteiger partial charge >= 0.3 is 5.97 Å². The second-order valence-corrected chi connectivity index (χ2v) is 7.64. The van der Waals surface area contributed by atoms with Crippen LogP contribution in [0.15, 0.2) is 84.9 Å². The predicted molar refractivity (Wildman–Crippen MR) is 112 cm³/mol. The molecule has 1 atom stereocenters. The number of fused-ring (bicyclic) bond motifs is 1. The van der Waals surface area contributed by atoms with Gasteiger partial charge in [-0.3, -0.25) is 9.80 Å². The van der Waals surface area contributed by atoms with Gasteiger partial charge in [0, 0.05) is 31.7 Å². The molecule has 29 heavy (non-hydrogen) atoms. The molecule has 4 nitrogen and oxygen atoms in total. The lowest BCUT2D eigenvalue weighted by molar-refractivity contribution is -0.0442. The van der Waals surface area contributed by atoms with E-state index >= 15 is 0 Å². The molecular formula is C25H24N2O2. The summed E-state index contributed by atoms with van der Waals surface area (Å²) in [6.07, 6.45) is -0.257. The molecule has 5 rings (SSSR count). The number of hydrogen-bond donors (Lipinski definition) is 0. The van der Waals surface area contributed by atoms with Crippen molar-refractivity contribution in [1.82, 2.24) is 9.80 Å². The van der Waals surface area contributed by atoms with Crippen LogP contribution in [0.5, 0.6) is 0 Å². The molecule has 0 aliphatic carbocycles. The van der Waals surface area contributed by atoms with Crippen molar-refractivity contribution in [2.45, 2.75) is 12.3 Å². The van der Waals surface area contributed by atoms with Gasteiger partial charge in [-0.25, -0.2) is 4.79 Å². The Bertz CT molecular complexity index is 942. The molecule has 0 radical (unpaired) electrons. The molecular weight excluding hydrogens is 360 g/mol. The van der Waals surface area contributed by atoms with Crippen LogP contribution in [-0.4, -0.2) is 41.9 Å². The number of carbonyl (C=O) groups excluding carboxylic acids is 1. The lowest BCUT2D eigenvalue weighted by atomic mass is 9.96. The maximum atomic E-state index is 12.2. The first-order chi connectivity index (χ1) is 14.3. The third kappa shape index (κ3) is 3.46. The van der Waals surface area contributed by atoms with E-state index in [4.69, 9.17) is 4.74 Å². The number of rotatable bonds is 4. The Morgan fingerprint density at radius 3 is 1.90 bits per heavy atom. The van der Waals surface area contributed by atoms with Crippen LogP contribution in [0.3, 0.4) is 0 Å². The minimum Gasteiger partial charge on any atom is -0.438 e. The third-order valence-electron chi connectivity index (χ3n) is 5.94. The van der Waals surface area contributed by atoms with Crippen LogP contribution >= 0.6 is 0 Å². The molecule has 2 aliphatic heterocycles. The van der Waals surface area contributed by atoms with Crippen molar-refractivity contribution in [2.24, 2.45) is 0 Å². The fourth-order valence-electron chi connectivity index (χ4n) is 4.51. The van der Waals surface area contributed by atoms with Crippen molar-refractivity contribution in [3.05, 3.63) is 107 Å². The third-order valence-corrected chi connectivity index (χ3v) is 5.94. The maximum Gasteiger partial charge on any atom is 0.340 e. The van der Waals surface area contributed by atoms with Crippen LogP contribution in [0, 0.1) is 0 Å². The van der Waals surface area contributed by atoms with E-state index in [2.05, 4.69) is 70.5 Å². The van der Waals surface area contributed by atoms with E-state index in [1.165, 1.54) is 11.1 Å². The molecule has 2 heterocycles. The molecule has 1 saturated heterocycles. The van der Waals surface area contributed by atoms with Gasteiger partial charge in [-0.1, -0.05) is 78.9 Å². The number of hydrogen-bond acceptors (Lipinski definition) is 4. The molecule has 0 spiro atoms. The highest BCUT2D eigenvalue weighted by Gasteiger charge is 2.37. The molecule has 2 aliphatic rings. The van der Waals surface area contributed by atoms with Crippen LogP contribution in [0.2, 0.25) is 0 Å². The minimum atomic E-state index is -0.257. The van der Waals surface area contributed by atoms with Gasteiger partial charge < -0.3 is 4.74 Å². The van der Waals surface area contributed by atoms with Crippen LogP contribution in [-0.2, 0) is 4.74 Å². The van der Waals surface area contributed by atoms with Gasteiger partial charge in [0.05, 0.1) is 11.6 Å². The summed E-state index contributed by atoms with van der Waals surface area (Å²) in [5.41, 5.74) is 4.31. The van der Waals surface area contributed by atoms with Gasteiger partial charge in [0.2, 0.25) is 0 Å². The highest BCUT2D eigenvalue weighted by Crippen LogP contribution is 2.35. The zero-order valence-electron chi connectivity index (χ0n) is 16.3. The van der Waals surface area contributed by atoms with E-state index in [0.29, 0.717) is 5.56 Å². The van der Waals surface area contributed by atoms with E-state index in [9.17, 15) is 4.79 Å². The van der Waals surface area contributed by atoms with Gasteiger partial charge in [-0.15, -0.1) is 0 Å². The smallest absolute Gasteiger partial charge is 0.340 e. The molecule has 0 aromatic heterocycles. The summed E-state index contributed by atoms with van der Waals surface area (Å²) in [7, 11) is 0. The summed E-state index contributed by atoms with van der Waals surface area (Å²) in [5.74, 6) is -0.209. The highest BCUT2D eigenvalue weighted by atomic mass is 16.6. The number of cyclic esters (lactones) is 1. The Labute approximate surface area is 171 Å². The topological polar surface area (TPSA) is 32.8 Å². The average molecular weight is 384 g/mol. The number of ether oxygens (including phenoxy) is 1. The average Bonchev–Trinajstić information content (AvgIpc) is 3.13. The van der Waals surface area contributed by atoms with Gasteiger partial charge in [-0.2, -0.15) is 0 Å². The van der Waals surface area contributed by atoms with Crippen LogP contribution in [0.1, 0.15) is 39.3 Å². The quantitative estimate of drug-likeness (QED) is 0.629. The number of benzene rings is 3. The Balaban J connectivity index is 1.36. The summed E-state index contributed by atoms with van der Waals surface area (Å²) in [5, 5.41) is 0. The number of esters is 1. The van der Waals surface area contributed by atoms with Crippen molar-refractivity contribution in [1.29, 1.82) is 0 Å². The Morgan fingerprint density at radius 2 is 1.28 bits per heavy atom. The van der Waals surface area contributed by atoms with Gasteiger partial charge in [0.25, 0.3) is 0 Å². The molecule has 0 N–H and O–H groups in total. The van der Waals surface area contributed by atoms with Gasteiger partial charge in [0.15, 0.2) is 6.23 Å². The number of carbonyl (C=O) groups is 1. The lowest BCUT2D eigenvalue weighted by Crippen LogP contribution is -2.49. The normalized spacial score (nSPS) is 19.9. The van der Waals surface area contributed by atoms with Crippen molar-refractivity contribution < 1.29 is 9.53 Å². The first-order valence-corrected chi connectivity index (χ1v) is 10.2. The summed E-state index contributed by atoms with van der Waals surface area (Å²) < 4.78 is 5.70. The zero-order valence-corrected chi connectivity index (χ0v) is 16.3. The Hall–Kier alpha value is -2.95.